The first kappa shape index (κ1) is 15.4. The van der Waals surface area contributed by atoms with E-state index in [1.165, 1.54) is 18.0 Å². The largest absolute Gasteiger partial charge is 0.391 e. The van der Waals surface area contributed by atoms with Gasteiger partial charge in [-0.1, -0.05) is 0 Å². The number of nitrogens with one attached hydrogen (secondary N) is 1. The second-order valence-corrected chi connectivity index (χ2v) is 4.42. The zero-order valence-electron chi connectivity index (χ0n) is 11.6. The minimum absolute atomic E-state index is 0.0521. The van der Waals surface area contributed by atoms with Gasteiger partial charge in [0.2, 0.25) is 11.7 Å². The summed E-state index contributed by atoms with van der Waals surface area (Å²) in [5.41, 5.74) is 5.37. The maximum absolute atomic E-state index is 11.7. The number of fused-ring (bicyclic) bond motifs is 1. The first-order chi connectivity index (χ1) is 9.96. The molecule has 0 aliphatic rings. The molecule has 0 saturated heterocycles. The second-order valence-electron chi connectivity index (χ2n) is 4.42. The van der Waals surface area contributed by atoms with Gasteiger partial charge < -0.3 is 25.4 Å². The van der Waals surface area contributed by atoms with Gasteiger partial charge in [-0.05, 0) is 6.92 Å². The number of hydrogen-bond acceptors (Lipinski definition) is 8. The summed E-state index contributed by atoms with van der Waals surface area (Å²) in [5.74, 6) is -1.62. The SMILES string of the molecule is COC(CO)(CO)O[C@H](C)n1cnc2c(=O)[nH]c(N)nc21. The van der Waals surface area contributed by atoms with Gasteiger partial charge in [0.05, 0.1) is 19.5 Å². The molecule has 10 heteroatoms. The molecule has 2 aromatic rings. The number of methoxy groups -OCH3 is 1. The van der Waals surface area contributed by atoms with Crippen molar-refractivity contribution in [3.63, 3.8) is 0 Å². The van der Waals surface area contributed by atoms with Crippen LogP contribution in [0.5, 0.6) is 0 Å². The zero-order chi connectivity index (χ0) is 15.6. The first-order valence-electron chi connectivity index (χ1n) is 6.13. The van der Waals surface area contributed by atoms with E-state index in [1.54, 1.807) is 6.92 Å². The highest BCUT2D eigenvalue weighted by molar-refractivity contribution is 5.70. The number of H-pyrrole nitrogens is 1. The number of aliphatic hydroxyl groups excluding tert-OH is 2. The Morgan fingerprint density at radius 2 is 2.19 bits per heavy atom. The van der Waals surface area contributed by atoms with Crippen molar-refractivity contribution in [3.8, 4) is 0 Å². The molecule has 0 aliphatic heterocycles. The quantitative estimate of drug-likeness (QED) is 0.474. The van der Waals surface area contributed by atoms with Gasteiger partial charge >= 0.3 is 0 Å². The summed E-state index contributed by atoms with van der Waals surface area (Å²) < 4.78 is 12.0. The van der Waals surface area contributed by atoms with E-state index in [2.05, 4.69) is 15.0 Å². The number of nitrogen functional groups attached to an aromatic ring is 1. The van der Waals surface area contributed by atoms with Crippen molar-refractivity contribution >= 4 is 17.1 Å². The molecule has 0 spiro atoms. The Morgan fingerprint density at radius 3 is 2.76 bits per heavy atom. The lowest BCUT2D eigenvalue weighted by Crippen LogP contribution is -2.44. The highest BCUT2D eigenvalue weighted by Gasteiger charge is 2.32. The lowest BCUT2D eigenvalue weighted by molar-refractivity contribution is -0.288. The molecule has 2 heterocycles. The van der Waals surface area contributed by atoms with E-state index in [0.29, 0.717) is 0 Å². The van der Waals surface area contributed by atoms with Crippen LogP contribution in [0, 0.1) is 0 Å². The number of aromatic amines is 1. The molecule has 116 valence electrons. The lowest BCUT2D eigenvalue weighted by atomic mass is 10.3. The Labute approximate surface area is 119 Å². The van der Waals surface area contributed by atoms with Crippen molar-refractivity contribution in [2.75, 3.05) is 26.1 Å². The summed E-state index contributed by atoms with van der Waals surface area (Å²) in [6.45, 7) is 0.527. The van der Waals surface area contributed by atoms with Crippen molar-refractivity contribution < 1.29 is 19.7 Å². The van der Waals surface area contributed by atoms with E-state index >= 15 is 0 Å². The summed E-state index contributed by atoms with van der Waals surface area (Å²) >= 11 is 0. The van der Waals surface area contributed by atoms with Gasteiger partial charge in [0.25, 0.3) is 5.56 Å². The van der Waals surface area contributed by atoms with Crippen LogP contribution in [0.2, 0.25) is 0 Å². The smallest absolute Gasteiger partial charge is 0.280 e. The van der Waals surface area contributed by atoms with Gasteiger partial charge in [-0.15, -0.1) is 0 Å². The average molecular weight is 299 g/mol. The number of imidazole rings is 1. The van der Waals surface area contributed by atoms with Crippen molar-refractivity contribution in [2.24, 2.45) is 0 Å². The molecule has 0 radical (unpaired) electrons. The Kier molecular flexibility index (Phi) is 4.23. The summed E-state index contributed by atoms with van der Waals surface area (Å²) in [4.78, 5) is 22.0. The van der Waals surface area contributed by atoms with Crippen molar-refractivity contribution in [3.05, 3.63) is 16.7 Å². The molecule has 0 unspecified atom stereocenters. The fourth-order valence-electron chi connectivity index (χ4n) is 1.88. The van der Waals surface area contributed by atoms with E-state index in [0.717, 1.165) is 0 Å². The summed E-state index contributed by atoms with van der Waals surface area (Å²) in [6.07, 6.45) is 0.634. The number of aliphatic hydroxyl groups is 2. The summed E-state index contributed by atoms with van der Waals surface area (Å²) in [6, 6.07) is 0. The molecule has 0 bridgehead atoms. The number of anilines is 1. The number of nitrogens with two attached hydrogens (primary N) is 1. The van der Waals surface area contributed by atoms with Crippen LogP contribution in [0.4, 0.5) is 5.95 Å². The van der Waals surface area contributed by atoms with E-state index in [1.807, 2.05) is 0 Å². The second kappa shape index (κ2) is 5.77. The van der Waals surface area contributed by atoms with E-state index < -0.39 is 30.8 Å². The molecule has 0 amide bonds. The normalized spacial score (nSPS) is 13.7. The average Bonchev–Trinajstić information content (AvgIpc) is 2.89. The minimum Gasteiger partial charge on any atom is -0.391 e. The molecule has 21 heavy (non-hydrogen) atoms. The Hall–Kier alpha value is -2.01. The van der Waals surface area contributed by atoms with Gasteiger partial charge in [-0.25, -0.2) is 4.98 Å². The number of rotatable bonds is 6. The Morgan fingerprint density at radius 1 is 1.52 bits per heavy atom. The van der Waals surface area contributed by atoms with Gasteiger partial charge in [-0.3, -0.25) is 14.3 Å². The molecular formula is C11H17N5O5. The fraction of sp³-hybridized carbons (Fsp3) is 0.545. The van der Waals surface area contributed by atoms with Crippen LogP contribution in [0.15, 0.2) is 11.1 Å². The third-order valence-electron chi connectivity index (χ3n) is 3.08. The molecule has 0 saturated carbocycles. The summed E-state index contributed by atoms with van der Waals surface area (Å²) in [5, 5.41) is 18.6. The molecule has 2 aromatic heterocycles. The highest BCUT2D eigenvalue weighted by atomic mass is 16.7. The molecule has 0 fully saturated rings. The molecule has 10 nitrogen and oxygen atoms in total. The molecule has 1 atom stereocenters. The third-order valence-corrected chi connectivity index (χ3v) is 3.08. The first-order valence-corrected chi connectivity index (χ1v) is 6.13. The molecule has 5 N–H and O–H groups in total. The maximum atomic E-state index is 11.7. The van der Waals surface area contributed by atoms with Crippen molar-refractivity contribution in [1.29, 1.82) is 0 Å². The number of aromatic nitrogens is 4. The third kappa shape index (κ3) is 2.74. The van der Waals surface area contributed by atoms with E-state index in [-0.39, 0.29) is 17.1 Å². The van der Waals surface area contributed by atoms with E-state index in [4.69, 9.17) is 15.2 Å². The molecule has 0 aliphatic carbocycles. The van der Waals surface area contributed by atoms with Crippen LogP contribution in [0.1, 0.15) is 13.2 Å². The standard InChI is InChI=1S/C11H17N5O5/c1-6(21-11(3-17,4-18)20-2)16-5-13-7-8(16)14-10(12)15-9(7)19/h5-6,17-18H,3-4H2,1-2H3,(H3,12,14,15,19)/t6-/m1/s1. The van der Waals surface area contributed by atoms with Gasteiger partial charge in [0.15, 0.2) is 11.2 Å². The van der Waals surface area contributed by atoms with Gasteiger partial charge in [0, 0.05) is 7.11 Å². The minimum atomic E-state index is -1.57. The zero-order valence-corrected chi connectivity index (χ0v) is 11.6. The lowest BCUT2D eigenvalue weighted by Gasteiger charge is -2.31. The van der Waals surface area contributed by atoms with Crippen molar-refractivity contribution in [2.45, 2.75) is 18.9 Å². The van der Waals surface area contributed by atoms with Crippen LogP contribution in [0.3, 0.4) is 0 Å². The Balaban J connectivity index is 2.40. The fourth-order valence-corrected chi connectivity index (χ4v) is 1.88. The van der Waals surface area contributed by atoms with Crippen LogP contribution in [-0.2, 0) is 9.47 Å². The molecule has 2 rings (SSSR count). The summed E-state index contributed by atoms with van der Waals surface area (Å²) in [7, 11) is 1.30. The predicted molar refractivity (Wildman–Crippen MR) is 72.3 cm³/mol. The van der Waals surface area contributed by atoms with Crippen LogP contribution >= 0.6 is 0 Å². The van der Waals surface area contributed by atoms with Gasteiger partial charge in [-0.2, -0.15) is 4.98 Å². The van der Waals surface area contributed by atoms with Gasteiger partial charge in [0.1, 0.15) is 6.23 Å². The number of hydrogen-bond donors (Lipinski definition) is 4. The molecular weight excluding hydrogens is 282 g/mol. The molecule has 0 aromatic carbocycles. The predicted octanol–water partition coefficient (Wildman–Crippen LogP) is -1.44. The van der Waals surface area contributed by atoms with Crippen LogP contribution < -0.4 is 11.3 Å². The van der Waals surface area contributed by atoms with E-state index in [9.17, 15) is 15.0 Å². The number of ether oxygens (including phenoxy) is 2. The van der Waals surface area contributed by atoms with Crippen molar-refractivity contribution in [1.82, 2.24) is 19.5 Å². The topological polar surface area (TPSA) is 149 Å². The number of nitrogens with zero attached hydrogens (tertiary/aromatic N) is 3. The van der Waals surface area contributed by atoms with Crippen LogP contribution in [-0.4, -0.2) is 55.8 Å². The van der Waals surface area contributed by atoms with Crippen LogP contribution in [0.25, 0.3) is 11.2 Å². The highest BCUT2D eigenvalue weighted by Crippen LogP contribution is 2.22. The maximum Gasteiger partial charge on any atom is 0.280 e. The Bertz CT molecular complexity index is 669. The monoisotopic (exact) mass is 299 g/mol.